The lowest BCUT2D eigenvalue weighted by Gasteiger charge is -2.38. The third-order valence-corrected chi connectivity index (χ3v) is 4.41. The quantitative estimate of drug-likeness (QED) is 0.648. The van der Waals surface area contributed by atoms with Crippen molar-refractivity contribution in [2.45, 2.75) is 38.2 Å². The second kappa shape index (κ2) is 6.68. The van der Waals surface area contributed by atoms with Crippen LogP contribution in [-0.4, -0.2) is 49.5 Å². The molecule has 19 heavy (non-hydrogen) atoms. The van der Waals surface area contributed by atoms with E-state index in [1.165, 1.54) is 12.8 Å². The fourth-order valence-corrected chi connectivity index (χ4v) is 2.91. The van der Waals surface area contributed by atoms with E-state index in [2.05, 4.69) is 10.6 Å². The van der Waals surface area contributed by atoms with Gasteiger partial charge in [-0.2, -0.15) is 0 Å². The number of amides is 1. The van der Waals surface area contributed by atoms with Crippen LogP contribution in [0.4, 0.5) is 0 Å². The molecule has 3 N–H and O–H groups in total. The van der Waals surface area contributed by atoms with Crippen LogP contribution in [0.5, 0.6) is 0 Å². The molecule has 1 saturated carbocycles. The molecule has 2 unspecified atom stereocenters. The van der Waals surface area contributed by atoms with E-state index in [9.17, 15) is 9.90 Å². The first-order valence-corrected chi connectivity index (χ1v) is 7.35. The lowest BCUT2D eigenvalue weighted by molar-refractivity contribution is -0.136. The zero-order valence-corrected chi connectivity index (χ0v) is 11.8. The van der Waals surface area contributed by atoms with Gasteiger partial charge in [0, 0.05) is 26.2 Å². The van der Waals surface area contributed by atoms with E-state index >= 15 is 0 Å². The molecule has 2 fully saturated rings. The van der Waals surface area contributed by atoms with Crippen molar-refractivity contribution in [1.29, 1.82) is 0 Å². The molecule has 0 spiro atoms. The Morgan fingerprint density at radius 2 is 2.05 bits per heavy atom. The second-order valence-electron chi connectivity index (χ2n) is 6.13. The van der Waals surface area contributed by atoms with Crippen LogP contribution in [0.15, 0.2) is 0 Å². The van der Waals surface area contributed by atoms with Gasteiger partial charge < -0.3 is 20.5 Å². The van der Waals surface area contributed by atoms with Crippen LogP contribution in [0.3, 0.4) is 0 Å². The number of carbonyl (C=O) groups is 1. The van der Waals surface area contributed by atoms with Crippen molar-refractivity contribution in [3.8, 4) is 0 Å². The molecule has 0 bridgehead atoms. The minimum atomic E-state index is -0.171. The smallest absolute Gasteiger partial charge is 0.246 e. The van der Waals surface area contributed by atoms with Gasteiger partial charge in [-0.15, -0.1) is 0 Å². The van der Waals surface area contributed by atoms with Crippen LogP contribution in [0.1, 0.15) is 32.6 Å². The summed E-state index contributed by atoms with van der Waals surface area (Å²) in [5, 5.41) is 15.4. The first-order chi connectivity index (χ1) is 9.13. The molecule has 2 aliphatic rings. The van der Waals surface area contributed by atoms with Gasteiger partial charge in [0.2, 0.25) is 5.91 Å². The van der Waals surface area contributed by atoms with Crippen molar-refractivity contribution in [2.75, 3.05) is 32.8 Å². The molecule has 5 heteroatoms. The second-order valence-corrected chi connectivity index (χ2v) is 6.13. The number of aliphatic hydroxyl groups excluding tert-OH is 1. The Hall–Kier alpha value is -0.650. The fraction of sp³-hybridized carbons (Fsp3) is 0.929. The van der Waals surface area contributed by atoms with Crippen molar-refractivity contribution < 1.29 is 14.6 Å². The van der Waals surface area contributed by atoms with E-state index in [-0.39, 0.29) is 24.7 Å². The Morgan fingerprint density at radius 1 is 1.37 bits per heavy atom. The molecule has 1 aliphatic carbocycles. The zero-order valence-electron chi connectivity index (χ0n) is 11.8. The predicted octanol–water partition coefficient (Wildman–Crippen LogP) is 0.280. The number of carbonyl (C=O) groups excluding carboxylic acids is 1. The number of aliphatic hydroxyl groups is 1. The van der Waals surface area contributed by atoms with E-state index in [1.807, 2.05) is 6.92 Å². The Labute approximate surface area is 115 Å². The third kappa shape index (κ3) is 4.16. The van der Waals surface area contributed by atoms with Gasteiger partial charge in [-0.3, -0.25) is 4.79 Å². The average Bonchev–Trinajstić information content (AvgIpc) is 2.41. The Balaban J connectivity index is 1.64. The number of rotatable bonds is 6. The average molecular weight is 270 g/mol. The Bertz CT molecular complexity index is 305. The van der Waals surface area contributed by atoms with Crippen molar-refractivity contribution in [2.24, 2.45) is 11.8 Å². The SMILES string of the molecule is CC1(OCC(=O)NCC2CCCCC2CO)CNC1. The maximum absolute atomic E-state index is 11.7. The number of hydrogen-bond acceptors (Lipinski definition) is 4. The molecule has 2 atom stereocenters. The van der Waals surface area contributed by atoms with Gasteiger partial charge in [-0.05, 0) is 31.6 Å². The highest BCUT2D eigenvalue weighted by molar-refractivity contribution is 5.77. The van der Waals surface area contributed by atoms with Gasteiger partial charge in [-0.25, -0.2) is 0 Å². The normalized spacial score (nSPS) is 29.6. The summed E-state index contributed by atoms with van der Waals surface area (Å²) in [4.78, 5) is 11.7. The van der Waals surface area contributed by atoms with E-state index in [0.29, 0.717) is 18.4 Å². The summed E-state index contributed by atoms with van der Waals surface area (Å²) >= 11 is 0. The molecule has 0 aromatic carbocycles. The lowest BCUT2D eigenvalue weighted by Crippen LogP contribution is -2.59. The summed E-state index contributed by atoms with van der Waals surface area (Å²) in [6, 6.07) is 0. The van der Waals surface area contributed by atoms with Crippen LogP contribution in [0, 0.1) is 11.8 Å². The van der Waals surface area contributed by atoms with Crippen LogP contribution < -0.4 is 10.6 Å². The fourth-order valence-electron chi connectivity index (χ4n) is 2.91. The first-order valence-electron chi connectivity index (χ1n) is 7.35. The van der Waals surface area contributed by atoms with Gasteiger partial charge in [-0.1, -0.05) is 12.8 Å². The van der Waals surface area contributed by atoms with Crippen LogP contribution >= 0.6 is 0 Å². The highest BCUT2D eigenvalue weighted by Gasteiger charge is 2.33. The maximum atomic E-state index is 11.7. The number of nitrogens with one attached hydrogen (secondary N) is 2. The summed E-state index contributed by atoms with van der Waals surface area (Å²) in [6.07, 6.45) is 4.59. The highest BCUT2D eigenvalue weighted by Crippen LogP contribution is 2.29. The summed E-state index contributed by atoms with van der Waals surface area (Å²) < 4.78 is 5.60. The van der Waals surface area contributed by atoms with Gasteiger partial charge in [0.25, 0.3) is 0 Å². The van der Waals surface area contributed by atoms with Gasteiger partial charge in [0.05, 0.1) is 5.60 Å². The summed E-state index contributed by atoms with van der Waals surface area (Å²) in [5.74, 6) is 0.724. The number of hydrogen-bond donors (Lipinski definition) is 3. The van der Waals surface area contributed by atoms with Gasteiger partial charge >= 0.3 is 0 Å². The topological polar surface area (TPSA) is 70.6 Å². The van der Waals surface area contributed by atoms with Gasteiger partial charge in [0.15, 0.2) is 0 Å². The highest BCUT2D eigenvalue weighted by atomic mass is 16.5. The minimum absolute atomic E-state index is 0.0459. The largest absolute Gasteiger partial charge is 0.396 e. The molecule has 5 nitrogen and oxygen atoms in total. The van der Waals surface area contributed by atoms with Crippen LogP contribution in [0.25, 0.3) is 0 Å². The molecule has 2 rings (SSSR count). The molecule has 0 aromatic rings. The Kier molecular flexibility index (Phi) is 5.19. The zero-order chi connectivity index (χ0) is 13.7. The van der Waals surface area contributed by atoms with Crippen LogP contribution in [0.2, 0.25) is 0 Å². The van der Waals surface area contributed by atoms with Crippen molar-refractivity contribution in [3.05, 3.63) is 0 Å². The standard InChI is InChI=1S/C14H26N2O3/c1-14(9-15-10-14)19-8-13(18)16-6-11-4-2-3-5-12(11)7-17/h11-12,15,17H,2-10H2,1H3,(H,16,18). The Morgan fingerprint density at radius 3 is 2.63 bits per heavy atom. The predicted molar refractivity (Wildman–Crippen MR) is 72.8 cm³/mol. The minimum Gasteiger partial charge on any atom is -0.396 e. The van der Waals surface area contributed by atoms with E-state index in [0.717, 1.165) is 25.9 Å². The number of ether oxygens (including phenoxy) is 1. The molecule has 1 heterocycles. The van der Waals surface area contributed by atoms with E-state index in [4.69, 9.17) is 4.74 Å². The van der Waals surface area contributed by atoms with Crippen molar-refractivity contribution in [3.63, 3.8) is 0 Å². The molecular formula is C14H26N2O3. The summed E-state index contributed by atoms with van der Waals surface area (Å²) in [6.45, 7) is 4.68. The van der Waals surface area contributed by atoms with Crippen molar-refractivity contribution in [1.82, 2.24) is 10.6 Å². The van der Waals surface area contributed by atoms with E-state index < -0.39 is 0 Å². The molecular weight excluding hydrogens is 244 g/mol. The summed E-state index contributed by atoms with van der Waals surface area (Å²) in [5.41, 5.74) is -0.171. The molecule has 110 valence electrons. The monoisotopic (exact) mass is 270 g/mol. The summed E-state index contributed by atoms with van der Waals surface area (Å²) in [7, 11) is 0. The molecule has 0 radical (unpaired) electrons. The lowest BCUT2D eigenvalue weighted by atomic mass is 9.79. The van der Waals surface area contributed by atoms with Crippen LogP contribution in [-0.2, 0) is 9.53 Å². The molecule has 1 saturated heterocycles. The van der Waals surface area contributed by atoms with E-state index in [1.54, 1.807) is 0 Å². The van der Waals surface area contributed by atoms with Crippen molar-refractivity contribution >= 4 is 5.91 Å². The van der Waals surface area contributed by atoms with Gasteiger partial charge in [0.1, 0.15) is 6.61 Å². The molecule has 1 aliphatic heterocycles. The maximum Gasteiger partial charge on any atom is 0.246 e. The molecule has 1 amide bonds. The molecule has 0 aromatic heterocycles. The third-order valence-electron chi connectivity index (χ3n) is 4.41. The first kappa shape index (κ1) is 14.8.